The highest BCUT2D eigenvalue weighted by Crippen LogP contribution is 2.32. The molecule has 2 aromatic heterocycles. The molecule has 0 aromatic carbocycles. The highest BCUT2D eigenvalue weighted by molar-refractivity contribution is 9.10. The Morgan fingerprint density at radius 3 is 2.84 bits per heavy atom. The molecule has 2 aromatic rings. The van der Waals surface area contributed by atoms with E-state index in [9.17, 15) is 0 Å². The van der Waals surface area contributed by atoms with Crippen molar-refractivity contribution in [1.82, 2.24) is 4.90 Å². The van der Waals surface area contributed by atoms with Gasteiger partial charge in [-0.25, -0.2) is 0 Å². The van der Waals surface area contributed by atoms with E-state index in [1.807, 2.05) is 6.07 Å². The SMILES string of the molecule is CCC(N)C(c1cc(Br)cs1)N(C)Cc1ccoc1. The van der Waals surface area contributed by atoms with Crippen molar-refractivity contribution >= 4 is 27.3 Å². The fraction of sp³-hybridized carbons (Fsp3) is 0.429. The van der Waals surface area contributed by atoms with Gasteiger partial charge in [0.1, 0.15) is 0 Å². The first-order valence-corrected chi connectivity index (χ1v) is 8.00. The molecule has 0 spiro atoms. The lowest BCUT2D eigenvalue weighted by atomic mass is 10.0. The summed E-state index contributed by atoms with van der Waals surface area (Å²) in [6.45, 7) is 2.97. The molecule has 2 atom stereocenters. The van der Waals surface area contributed by atoms with Crippen LogP contribution >= 0.6 is 27.3 Å². The average molecular weight is 343 g/mol. The maximum absolute atomic E-state index is 6.31. The molecule has 0 aliphatic rings. The van der Waals surface area contributed by atoms with E-state index in [0.29, 0.717) is 0 Å². The number of hydrogen-bond acceptors (Lipinski definition) is 4. The molecular weight excluding hydrogens is 324 g/mol. The highest BCUT2D eigenvalue weighted by atomic mass is 79.9. The molecule has 0 aliphatic heterocycles. The van der Waals surface area contributed by atoms with E-state index in [0.717, 1.165) is 17.4 Å². The monoisotopic (exact) mass is 342 g/mol. The van der Waals surface area contributed by atoms with E-state index in [2.05, 4.69) is 46.2 Å². The summed E-state index contributed by atoms with van der Waals surface area (Å²) in [7, 11) is 2.11. The van der Waals surface area contributed by atoms with Gasteiger partial charge in [0.25, 0.3) is 0 Å². The van der Waals surface area contributed by atoms with Gasteiger partial charge in [-0.3, -0.25) is 4.90 Å². The maximum Gasteiger partial charge on any atom is 0.0947 e. The number of nitrogens with zero attached hydrogens (tertiary/aromatic N) is 1. The number of thiophene rings is 1. The second kappa shape index (κ2) is 6.70. The fourth-order valence-electron chi connectivity index (χ4n) is 2.23. The Balaban J connectivity index is 2.17. The minimum absolute atomic E-state index is 0.127. The molecule has 0 radical (unpaired) electrons. The molecule has 0 saturated heterocycles. The van der Waals surface area contributed by atoms with Crippen molar-refractivity contribution in [3.05, 3.63) is 45.0 Å². The smallest absolute Gasteiger partial charge is 0.0947 e. The Bertz CT molecular complexity index is 497. The van der Waals surface area contributed by atoms with Gasteiger partial charge in [-0.15, -0.1) is 11.3 Å². The molecule has 2 N–H and O–H groups in total. The third-order valence-corrected chi connectivity index (χ3v) is 5.01. The van der Waals surface area contributed by atoms with Gasteiger partial charge >= 0.3 is 0 Å². The van der Waals surface area contributed by atoms with Crippen LogP contribution in [0.2, 0.25) is 0 Å². The largest absolute Gasteiger partial charge is 0.472 e. The van der Waals surface area contributed by atoms with E-state index in [1.165, 1.54) is 10.4 Å². The van der Waals surface area contributed by atoms with Crippen molar-refractivity contribution in [2.24, 2.45) is 5.73 Å². The maximum atomic E-state index is 6.31. The van der Waals surface area contributed by atoms with Crippen LogP contribution in [0.15, 0.2) is 38.9 Å². The summed E-state index contributed by atoms with van der Waals surface area (Å²) in [4.78, 5) is 3.59. The molecule has 0 bridgehead atoms. The highest BCUT2D eigenvalue weighted by Gasteiger charge is 2.24. The van der Waals surface area contributed by atoms with Gasteiger partial charge in [-0.1, -0.05) is 6.92 Å². The van der Waals surface area contributed by atoms with Crippen molar-refractivity contribution in [2.75, 3.05) is 7.05 Å². The number of hydrogen-bond donors (Lipinski definition) is 1. The van der Waals surface area contributed by atoms with Crippen LogP contribution in [0, 0.1) is 0 Å². The molecule has 104 valence electrons. The number of likely N-dealkylation sites (N-methyl/N-ethyl adjacent to an activating group) is 1. The van der Waals surface area contributed by atoms with E-state index < -0.39 is 0 Å². The second-order valence-corrected chi connectivity index (χ2v) is 6.59. The van der Waals surface area contributed by atoms with Crippen LogP contribution < -0.4 is 5.73 Å². The van der Waals surface area contributed by atoms with Crippen LogP contribution in [0.1, 0.15) is 29.8 Å². The summed E-state index contributed by atoms with van der Waals surface area (Å²) in [6.07, 6.45) is 4.45. The topological polar surface area (TPSA) is 42.4 Å². The zero-order valence-electron chi connectivity index (χ0n) is 11.2. The Morgan fingerprint density at radius 2 is 2.32 bits per heavy atom. The zero-order chi connectivity index (χ0) is 13.8. The summed E-state index contributed by atoms with van der Waals surface area (Å²) in [5, 5.41) is 2.11. The molecule has 2 heterocycles. The van der Waals surface area contributed by atoms with Crippen LogP contribution in [0.25, 0.3) is 0 Å². The third kappa shape index (κ3) is 3.69. The lowest BCUT2D eigenvalue weighted by Gasteiger charge is -2.31. The van der Waals surface area contributed by atoms with Crippen LogP contribution in [-0.2, 0) is 6.54 Å². The minimum Gasteiger partial charge on any atom is -0.472 e. The Kier molecular flexibility index (Phi) is 5.21. The summed E-state index contributed by atoms with van der Waals surface area (Å²) in [5.41, 5.74) is 7.49. The lowest BCUT2D eigenvalue weighted by molar-refractivity contribution is 0.204. The van der Waals surface area contributed by atoms with Crippen molar-refractivity contribution in [3.8, 4) is 0 Å². The number of furan rings is 1. The molecule has 5 heteroatoms. The molecule has 0 saturated carbocycles. The molecule has 0 aliphatic carbocycles. The van der Waals surface area contributed by atoms with Gasteiger partial charge in [-0.2, -0.15) is 0 Å². The van der Waals surface area contributed by atoms with Crippen molar-refractivity contribution < 1.29 is 4.42 Å². The van der Waals surface area contributed by atoms with Gasteiger partial charge in [0, 0.05) is 32.9 Å². The van der Waals surface area contributed by atoms with Gasteiger partial charge in [-0.05, 0) is 41.5 Å². The predicted octanol–water partition coefficient (Wildman–Crippen LogP) is 4.01. The standard InChI is InChI=1S/C14H19BrN2OS/c1-3-12(16)14(13-6-11(15)9-19-13)17(2)7-10-4-5-18-8-10/h4-6,8-9,12,14H,3,7,16H2,1-2H3. The number of rotatable bonds is 6. The molecule has 0 amide bonds. The summed E-state index contributed by atoms with van der Waals surface area (Å²) < 4.78 is 6.25. The third-order valence-electron chi connectivity index (χ3n) is 3.24. The average Bonchev–Trinajstić information content (AvgIpc) is 3.01. The normalized spacial score (nSPS) is 14.8. The first-order chi connectivity index (χ1) is 9.11. The van der Waals surface area contributed by atoms with E-state index in [1.54, 1.807) is 23.9 Å². The van der Waals surface area contributed by atoms with Gasteiger partial charge in [0.05, 0.1) is 18.6 Å². The molecule has 0 fully saturated rings. The number of halogens is 1. The molecule has 2 rings (SSSR count). The molecule has 3 nitrogen and oxygen atoms in total. The zero-order valence-corrected chi connectivity index (χ0v) is 13.6. The first kappa shape index (κ1) is 14.8. The quantitative estimate of drug-likeness (QED) is 0.862. The predicted molar refractivity (Wildman–Crippen MR) is 83.2 cm³/mol. The fourth-order valence-corrected chi connectivity index (χ4v) is 3.92. The summed E-state index contributed by atoms with van der Waals surface area (Å²) in [6, 6.07) is 4.52. The van der Waals surface area contributed by atoms with Crippen molar-refractivity contribution in [2.45, 2.75) is 32.0 Å². The van der Waals surface area contributed by atoms with Gasteiger partial charge in [0.2, 0.25) is 0 Å². The van der Waals surface area contributed by atoms with E-state index in [4.69, 9.17) is 10.2 Å². The van der Waals surface area contributed by atoms with Crippen molar-refractivity contribution in [1.29, 1.82) is 0 Å². The van der Waals surface area contributed by atoms with Crippen LogP contribution in [-0.4, -0.2) is 18.0 Å². The molecule has 19 heavy (non-hydrogen) atoms. The molecular formula is C14H19BrN2OS. The van der Waals surface area contributed by atoms with Gasteiger partial charge < -0.3 is 10.2 Å². The Labute approximate surface area is 126 Å². The lowest BCUT2D eigenvalue weighted by Crippen LogP contribution is -2.38. The molecule has 2 unspecified atom stereocenters. The summed E-state index contributed by atoms with van der Waals surface area (Å²) in [5.74, 6) is 0. The minimum atomic E-state index is 0.127. The first-order valence-electron chi connectivity index (χ1n) is 6.32. The van der Waals surface area contributed by atoms with E-state index >= 15 is 0 Å². The van der Waals surface area contributed by atoms with Crippen LogP contribution in [0.5, 0.6) is 0 Å². The van der Waals surface area contributed by atoms with Crippen LogP contribution in [0.3, 0.4) is 0 Å². The Morgan fingerprint density at radius 1 is 1.53 bits per heavy atom. The number of nitrogens with two attached hydrogens (primary N) is 1. The second-order valence-electron chi connectivity index (χ2n) is 4.73. The summed E-state index contributed by atoms with van der Waals surface area (Å²) >= 11 is 5.27. The van der Waals surface area contributed by atoms with Crippen LogP contribution in [0.4, 0.5) is 0 Å². The van der Waals surface area contributed by atoms with E-state index in [-0.39, 0.29) is 12.1 Å². The van der Waals surface area contributed by atoms with Crippen molar-refractivity contribution in [3.63, 3.8) is 0 Å². The van der Waals surface area contributed by atoms with Gasteiger partial charge in [0.15, 0.2) is 0 Å². The Hall–Kier alpha value is -0.620.